The first kappa shape index (κ1) is 27.9. The number of carboxylic acids is 1. The van der Waals surface area contributed by atoms with Gasteiger partial charge < -0.3 is 21.5 Å². The smallest absolute Gasteiger partial charge is 0.471 e. The Morgan fingerprint density at radius 3 is 2.68 bits per heavy atom. The quantitative estimate of drug-likeness (QED) is 0.264. The highest BCUT2D eigenvalue weighted by Gasteiger charge is 2.54. The third-order valence-electron chi connectivity index (χ3n) is 5.47. The molecule has 4 rings (SSSR count). The van der Waals surface area contributed by atoms with Crippen LogP contribution in [0.4, 0.5) is 18.9 Å². The van der Waals surface area contributed by atoms with Crippen LogP contribution in [-0.4, -0.2) is 73.0 Å². The SMILES string of the molecule is Cc1nnc(SCC2=C(C(=O)O)N3C(=O)C(NC(=O)C(N)c4cccc(NC(=O)C(F)(F)F)c4)[C@@H]3SC2)s1. The van der Waals surface area contributed by atoms with E-state index in [0.29, 0.717) is 21.4 Å². The van der Waals surface area contributed by atoms with Gasteiger partial charge in [0.15, 0.2) is 4.34 Å². The molecule has 3 amide bonds. The lowest BCUT2D eigenvalue weighted by atomic mass is 10.0. The number of hydrogen-bond donors (Lipinski definition) is 4. The number of carboxylic acid groups (broad SMARTS) is 1. The Morgan fingerprint density at radius 2 is 2.05 bits per heavy atom. The Kier molecular flexibility index (Phi) is 8.01. The third kappa shape index (κ3) is 5.79. The van der Waals surface area contributed by atoms with E-state index in [1.165, 1.54) is 53.1 Å². The minimum atomic E-state index is -5.09. The van der Waals surface area contributed by atoms with Gasteiger partial charge in [-0.05, 0) is 30.2 Å². The number of aryl methyl sites for hydroxylation is 1. The van der Waals surface area contributed by atoms with Crippen LogP contribution in [0.2, 0.25) is 0 Å². The molecule has 17 heteroatoms. The molecule has 0 radical (unpaired) electrons. The second kappa shape index (κ2) is 10.9. The molecule has 3 heterocycles. The van der Waals surface area contributed by atoms with Crippen LogP contribution in [0.15, 0.2) is 39.9 Å². The molecule has 0 spiro atoms. The number of benzene rings is 1. The lowest BCUT2D eigenvalue weighted by Gasteiger charge is -2.49. The molecule has 2 aliphatic heterocycles. The molecule has 5 N–H and O–H groups in total. The lowest BCUT2D eigenvalue weighted by Crippen LogP contribution is -2.71. The summed E-state index contributed by atoms with van der Waals surface area (Å²) in [6.45, 7) is 1.80. The van der Waals surface area contributed by atoms with Crippen molar-refractivity contribution in [1.29, 1.82) is 0 Å². The maximum Gasteiger partial charge on any atom is 0.471 e. The summed E-state index contributed by atoms with van der Waals surface area (Å²) in [4.78, 5) is 50.0. The Balaban J connectivity index is 1.42. The second-order valence-corrected chi connectivity index (χ2v) is 11.6. The number of nitrogens with zero attached hydrogens (tertiary/aromatic N) is 3. The highest BCUT2D eigenvalue weighted by atomic mass is 32.2. The first-order valence-corrected chi connectivity index (χ1v) is 13.6. The summed E-state index contributed by atoms with van der Waals surface area (Å²) in [7, 11) is 0. The number of aliphatic carboxylic acids is 1. The predicted octanol–water partition coefficient (Wildman–Crippen LogP) is 1.88. The van der Waals surface area contributed by atoms with E-state index in [0.717, 1.165) is 16.0 Å². The van der Waals surface area contributed by atoms with Gasteiger partial charge in [-0.2, -0.15) is 13.2 Å². The standard InChI is InChI=1S/C21H19F3N6O5S3/c1-8-28-29-20(38-8)37-7-10-6-36-17-13(16(32)30(17)14(10)18(33)34)27-15(31)12(25)9-3-2-4-11(5-9)26-19(35)21(22,23)24/h2-5,12-13,17H,6-7,25H2,1H3,(H,26,35)(H,27,31)(H,33,34)/t12?,13?,17-/m0/s1. The van der Waals surface area contributed by atoms with E-state index < -0.39 is 47.3 Å². The average Bonchev–Trinajstić information content (AvgIpc) is 3.29. The fourth-order valence-electron chi connectivity index (χ4n) is 3.69. The summed E-state index contributed by atoms with van der Waals surface area (Å²) in [5, 5.41) is 22.0. The number of nitrogens with one attached hydrogen (secondary N) is 2. The Morgan fingerprint density at radius 1 is 1.32 bits per heavy atom. The van der Waals surface area contributed by atoms with Crippen molar-refractivity contribution < 1.29 is 37.5 Å². The van der Waals surface area contributed by atoms with Gasteiger partial charge in [0.25, 0.3) is 5.91 Å². The number of thioether (sulfide) groups is 2. The first-order valence-electron chi connectivity index (χ1n) is 10.7. The molecule has 2 unspecified atom stereocenters. The number of alkyl halides is 3. The molecule has 0 saturated carbocycles. The topological polar surface area (TPSA) is 168 Å². The molecule has 1 aromatic carbocycles. The summed E-state index contributed by atoms with van der Waals surface area (Å²) in [6, 6.07) is 2.60. The minimum absolute atomic E-state index is 0.0970. The lowest BCUT2D eigenvalue weighted by molar-refractivity contribution is -0.167. The summed E-state index contributed by atoms with van der Waals surface area (Å²) in [5.74, 6) is -4.27. The molecule has 0 bridgehead atoms. The zero-order chi connectivity index (χ0) is 27.8. The van der Waals surface area contributed by atoms with Crippen molar-refractivity contribution in [2.75, 3.05) is 16.8 Å². The van der Waals surface area contributed by atoms with Gasteiger partial charge in [-0.15, -0.1) is 22.0 Å². The number of aromatic nitrogens is 2. The molecule has 2 aliphatic rings. The number of β-lactam (4-membered cyclic amide) rings is 1. The number of rotatable bonds is 8. The number of carbonyl (C=O) groups excluding carboxylic acids is 3. The largest absolute Gasteiger partial charge is 0.477 e. The van der Waals surface area contributed by atoms with Gasteiger partial charge in [0, 0.05) is 17.2 Å². The van der Waals surface area contributed by atoms with E-state index in [1.54, 1.807) is 12.2 Å². The molecule has 3 atom stereocenters. The van der Waals surface area contributed by atoms with Crippen LogP contribution in [-0.2, 0) is 19.2 Å². The number of hydrogen-bond acceptors (Lipinski definition) is 10. The van der Waals surface area contributed by atoms with Crippen molar-refractivity contribution in [3.63, 3.8) is 0 Å². The van der Waals surface area contributed by atoms with Gasteiger partial charge in [-0.1, -0.05) is 35.2 Å². The van der Waals surface area contributed by atoms with Gasteiger partial charge in [0.1, 0.15) is 28.2 Å². The molecule has 0 aliphatic carbocycles. The van der Waals surface area contributed by atoms with Crippen molar-refractivity contribution in [2.45, 2.75) is 34.9 Å². The number of fused-ring (bicyclic) bond motifs is 1. The summed E-state index contributed by atoms with van der Waals surface area (Å²) in [6.07, 6.45) is -5.09. The highest BCUT2D eigenvalue weighted by Crippen LogP contribution is 2.42. The van der Waals surface area contributed by atoms with Crippen molar-refractivity contribution in [3.8, 4) is 0 Å². The van der Waals surface area contributed by atoms with Gasteiger partial charge in [0.05, 0.1) is 0 Å². The van der Waals surface area contributed by atoms with Crippen LogP contribution in [0.1, 0.15) is 16.6 Å². The van der Waals surface area contributed by atoms with E-state index in [4.69, 9.17) is 5.73 Å². The van der Waals surface area contributed by atoms with Gasteiger partial charge in [-0.3, -0.25) is 19.3 Å². The summed E-state index contributed by atoms with van der Waals surface area (Å²) >= 11 is 3.97. The number of halogens is 3. The van der Waals surface area contributed by atoms with Crippen molar-refractivity contribution in [3.05, 3.63) is 46.1 Å². The van der Waals surface area contributed by atoms with Crippen molar-refractivity contribution in [1.82, 2.24) is 20.4 Å². The van der Waals surface area contributed by atoms with Crippen LogP contribution in [0.25, 0.3) is 0 Å². The number of carbonyl (C=O) groups is 4. The summed E-state index contributed by atoms with van der Waals surface area (Å²) in [5.41, 5.74) is 6.23. The molecule has 2 aromatic rings. The second-order valence-electron chi connectivity index (χ2n) is 8.08. The third-order valence-corrected chi connectivity index (χ3v) is 8.87. The maximum absolute atomic E-state index is 12.9. The monoisotopic (exact) mass is 588 g/mol. The maximum atomic E-state index is 12.9. The van der Waals surface area contributed by atoms with E-state index in [-0.39, 0.29) is 16.9 Å². The molecule has 1 aromatic heterocycles. The molecule has 38 heavy (non-hydrogen) atoms. The van der Waals surface area contributed by atoms with Gasteiger partial charge in [0.2, 0.25) is 5.91 Å². The van der Waals surface area contributed by atoms with Crippen LogP contribution in [0.3, 0.4) is 0 Å². The molecular formula is C21H19F3N6O5S3. The van der Waals surface area contributed by atoms with E-state index in [1.807, 2.05) is 0 Å². The van der Waals surface area contributed by atoms with E-state index in [9.17, 15) is 37.5 Å². The molecule has 11 nitrogen and oxygen atoms in total. The zero-order valence-electron chi connectivity index (χ0n) is 19.3. The summed E-state index contributed by atoms with van der Waals surface area (Å²) < 4.78 is 38.2. The van der Waals surface area contributed by atoms with Gasteiger partial charge >= 0.3 is 18.1 Å². The Labute approximate surface area is 225 Å². The minimum Gasteiger partial charge on any atom is -0.477 e. The highest BCUT2D eigenvalue weighted by molar-refractivity contribution is 8.01. The van der Waals surface area contributed by atoms with Crippen LogP contribution < -0.4 is 16.4 Å². The number of amides is 3. The molecule has 202 valence electrons. The van der Waals surface area contributed by atoms with Crippen molar-refractivity contribution in [2.24, 2.45) is 5.73 Å². The molecule has 1 saturated heterocycles. The predicted molar refractivity (Wildman–Crippen MR) is 133 cm³/mol. The van der Waals surface area contributed by atoms with Crippen LogP contribution >= 0.6 is 34.9 Å². The molecule has 1 fully saturated rings. The fourth-order valence-corrected chi connectivity index (χ4v) is 6.99. The first-order chi connectivity index (χ1) is 17.9. The Hall–Kier alpha value is -3.15. The fraction of sp³-hybridized carbons (Fsp3) is 0.333. The average molecular weight is 589 g/mol. The van der Waals surface area contributed by atoms with E-state index >= 15 is 0 Å². The van der Waals surface area contributed by atoms with Gasteiger partial charge in [-0.25, -0.2) is 4.79 Å². The number of nitrogens with two attached hydrogens (primary N) is 1. The number of anilines is 1. The van der Waals surface area contributed by atoms with Crippen LogP contribution in [0.5, 0.6) is 0 Å². The Bertz CT molecular complexity index is 1330. The zero-order valence-corrected chi connectivity index (χ0v) is 21.8. The van der Waals surface area contributed by atoms with Crippen molar-refractivity contribution >= 4 is 64.2 Å². The van der Waals surface area contributed by atoms with E-state index in [2.05, 4.69) is 15.5 Å². The van der Waals surface area contributed by atoms with Crippen LogP contribution in [0, 0.1) is 6.92 Å². The normalized spacial score (nSPS) is 19.9. The molecular weight excluding hydrogens is 569 g/mol.